The number of methoxy groups -OCH3 is 1. The lowest BCUT2D eigenvalue weighted by Gasteiger charge is -2.24. The SMILES string of the molecule is COC(=O)c1cc2nccc(O[C@@H]3CC4CCC3C4)c2cc1OC(C)C. The standard InChI is InChI=1S/C21H25NO4/c1-12(2)25-20-11-15-17(10-16(20)21(23)24-3)22-7-6-18(15)26-19-9-13-4-5-14(19)8-13/h6-7,10-14,19H,4-5,8-9H2,1-3H3/t13?,14?,19-/m1/s1. The van der Waals surface area contributed by atoms with Gasteiger partial charge in [0.1, 0.15) is 23.2 Å². The molecule has 0 N–H and O–H groups in total. The van der Waals surface area contributed by atoms with E-state index < -0.39 is 5.97 Å². The van der Waals surface area contributed by atoms with Gasteiger partial charge in [-0.1, -0.05) is 0 Å². The van der Waals surface area contributed by atoms with Crippen LogP contribution in [-0.4, -0.2) is 30.3 Å². The lowest BCUT2D eigenvalue weighted by molar-refractivity contribution is 0.0594. The average molecular weight is 355 g/mol. The number of pyridine rings is 1. The summed E-state index contributed by atoms with van der Waals surface area (Å²) in [6.07, 6.45) is 7.01. The third kappa shape index (κ3) is 3.11. The molecule has 4 rings (SSSR count). The van der Waals surface area contributed by atoms with E-state index in [9.17, 15) is 4.79 Å². The van der Waals surface area contributed by atoms with E-state index in [0.717, 1.165) is 23.5 Å². The minimum atomic E-state index is -0.427. The second-order valence-electron chi connectivity index (χ2n) is 7.66. The van der Waals surface area contributed by atoms with E-state index in [1.165, 1.54) is 26.4 Å². The first kappa shape index (κ1) is 17.1. The van der Waals surface area contributed by atoms with Crippen LogP contribution < -0.4 is 9.47 Å². The van der Waals surface area contributed by atoms with Crippen LogP contribution in [0.1, 0.15) is 49.9 Å². The zero-order valence-electron chi connectivity index (χ0n) is 15.5. The summed E-state index contributed by atoms with van der Waals surface area (Å²) in [5.41, 5.74) is 1.10. The average Bonchev–Trinajstić information content (AvgIpc) is 3.23. The molecule has 0 aliphatic heterocycles. The molecule has 26 heavy (non-hydrogen) atoms. The molecule has 5 heteroatoms. The first-order valence-electron chi connectivity index (χ1n) is 9.39. The van der Waals surface area contributed by atoms with Gasteiger partial charge in [-0.25, -0.2) is 4.79 Å². The number of rotatable bonds is 5. The Balaban J connectivity index is 1.73. The summed E-state index contributed by atoms with van der Waals surface area (Å²) >= 11 is 0. The van der Waals surface area contributed by atoms with Gasteiger partial charge in [-0.15, -0.1) is 0 Å². The summed E-state index contributed by atoms with van der Waals surface area (Å²) < 4.78 is 17.2. The minimum absolute atomic E-state index is 0.0533. The van der Waals surface area contributed by atoms with Crippen LogP contribution in [-0.2, 0) is 4.74 Å². The molecule has 0 spiro atoms. The molecule has 2 fully saturated rings. The van der Waals surface area contributed by atoms with E-state index in [2.05, 4.69) is 4.98 Å². The van der Waals surface area contributed by atoms with Crippen molar-refractivity contribution < 1.29 is 19.0 Å². The van der Waals surface area contributed by atoms with Crippen LogP contribution in [0.15, 0.2) is 24.4 Å². The summed E-state index contributed by atoms with van der Waals surface area (Å²) in [7, 11) is 1.37. The van der Waals surface area contributed by atoms with E-state index in [-0.39, 0.29) is 12.2 Å². The first-order valence-corrected chi connectivity index (χ1v) is 9.39. The number of nitrogens with zero attached hydrogens (tertiary/aromatic N) is 1. The van der Waals surface area contributed by atoms with Crippen molar-refractivity contribution in [1.82, 2.24) is 4.98 Å². The Hall–Kier alpha value is -2.30. The Morgan fingerprint density at radius 3 is 2.69 bits per heavy atom. The van der Waals surface area contributed by atoms with E-state index in [4.69, 9.17) is 14.2 Å². The van der Waals surface area contributed by atoms with E-state index in [1.807, 2.05) is 26.0 Å². The highest BCUT2D eigenvalue weighted by Gasteiger charge is 2.41. The summed E-state index contributed by atoms with van der Waals surface area (Å²) in [6.45, 7) is 3.86. The normalized spacial score (nSPS) is 24.2. The third-order valence-corrected chi connectivity index (χ3v) is 5.52. The number of carbonyl (C=O) groups is 1. The van der Waals surface area contributed by atoms with E-state index >= 15 is 0 Å². The molecule has 138 valence electrons. The summed E-state index contributed by atoms with van der Waals surface area (Å²) in [4.78, 5) is 16.6. The number of hydrogen-bond acceptors (Lipinski definition) is 5. The van der Waals surface area contributed by atoms with Gasteiger partial charge in [0.15, 0.2) is 0 Å². The summed E-state index contributed by atoms with van der Waals surface area (Å²) in [5.74, 6) is 2.39. The first-order chi connectivity index (χ1) is 12.5. The van der Waals surface area contributed by atoms with Gasteiger partial charge in [-0.2, -0.15) is 0 Å². The largest absolute Gasteiger partial charge is 0.490 e. The molecule has 0 radical (unpaired) electrons. The maximum absolute atomic E-state index is 12.1. The molecule has 3 atom stereocenters. The smallest absolute Gasteiger partial charge is 0.341 e. The fourth-order valence-corrected chi connectivity index (χ4v) is 4.37. The van der Waals surface area contributed by atoms with Crippen molar-refractivity contribution in [3.63, 3.8) is 0 Å². The quantitative estimate of drug-likeness (QED) is 0.745. The lowest BCUT2D eigenvalue weighted by atomic mass is 9.97. The minimum Gasteiger partial charge on any atom is -0.490 e. The van der Waals surface area contributed by atoms with Crippen molar-refractivity contribution in [2.24, 2.45) is 11.8 Å². The predicted octanol–water partition coefficient (Wildman–Crippen LogP) is 4.38. The van der Waals surface area contributed by atoms with Crippen molar-refractivity contribution in [2.45, 2.75) is 51.7 Å². The van der Waals surface area contributed by atoms with Gasteiger partial charge in [0, 0.05) is 11.6 Å². The van der Waals surface area contributed by atoms with Gasteiger partial charge < -0.3 is 14.2 Å². The van der Waals surface area contributed by atoms with Crippen molar-refractivity contribution >= 4 is 16.9 Å². The second-order valence-corrected chi connectivity index (χ2v) is 7.66. The van der Waals surface area contributed by atoms with Crippen molar-refractivity contribution in [1.29, 1.82) is 0 Å². The Morgan fingerprint density at radius 1 is 1.19 bits per heavy atom. The monoisotopic (exact) mass is 355 g/mol. The van der Waals surface area contributed by atoms with Crippen LogP contribution in [0, 0.1) is 11.8 Å². The Bertz CT molecular complexity index is 832. The van der Waals surface area contributed by atoms with Gasteiger partial charge in [0.2, 0.25) is 0 Å². The summed E-state index contributed by atoms with van der Waals surface area (Å²) in [6, 6.07) is 5.50. The molecule has 5 nitrogen and oxygen atoms in total. The van der Waals surface area contributed by atoms with Crippen molar-refractivity contribution in [3.05, 3.63) is 30.0 Å². The number of esters is 1. The molecule has 1 aromatic heterocycles. The molecule has 2 unspecified atom stereocenters. The highest BCUT2D eigenvalue weighted by atomic mass is 16.5. The second kappa shape index (κ2) is 6.78. The van der Waals surface area contributed by atoms with Gasteiger partial charge in [0.05, 0.1) is 18.7 Å². The van der Waals surface area contributed by atoms with E-state index in [0.29, 0.717) is 22.7 Å². The fraction of sp³-hybridized carbons (Fsp3) is 0.524. The Morgan fingerprint density at radius 2 is 2.04 bits per heavy atom. The van der Waals surface area contributed by atoms with Crippen LogP contribution in [0.4, 0.5) is 0 Å². The molecule has 2 saturated carbocycles. The van der Waals surface area contributed by atoms with E-state index in [1.54, 1.807) is 12.3 Å². The van der Waals surface area contributed by atoms with Crippen LogP contribution >= 0.6 is 0 Å². The van der Waals surface area contributed by atoms with Crippen LogP contribution in [0.3, 0.4) is 0 Å². The van der Waals surface area contributed by atoms with Gasteiger partial charge in [0.25, 0.3) is 0 Å². The highest BCUT2D eigenvalue weighted by molar-refractivity contribution is 5.99. The third-order valence-electron chi connectivity index (χ3n) is 5.52. The predicted molar refractivity (Wildman–Crippen MR) is 98.7 cm³/mol. The number of hydrogen-bond donors (Lipinski definition) is 0. The topological polar surface area (TPSA) is 57.7 Å². The molecule has 2 aliphatic carbocycles. The molecular formula is C21H25NO4. The number of aromatic nitrogens is 1. The molecule has 1 aromatic carbocycles. The number of fused-ring (bicyclic) bond motifs is 3. The van der Waals surface area contributed by atoms with Crippen LogP contribution in [0.25, 0.3) is 10.9 Å². The molecule has 2 aliphatic rings. The van der Waals surface area contributed by atoms with Gasteiger partial charge in [-0.05, 0) is 69.6 Å². The van der Waals surface area contributed by atoms with Gasteiger partial charge >= 0.3 is 5.97 Å². The maximum Gasteiger partial charge on any atom is 0.341 e. The van der Waals surface area contributed by atoms with Crippen molar-refractivity contribution in [3.8, 4) is 11.5 Å². The number of carbonyl (C=O) groups excluding carboxylic acids is 1. The maximum atomic E-state index is 12.1. The Labute approximate surface area is 153 Å². The highest BCUT2D eigenvalue weighted by Crippen LogP contribution is 2.46. The molecule has 1 heterocycles. The molecule has 2 aromatic rings. The zero-order valence-corrected chi connectivity index (χ0v) is 15.5. The Kier molecular flexibility index (Phi) is 4.47. The molecule has 0 amide bonds. The van der Waals surface area contributed by atoms with Gasteiger partial charge in [-0.3, -0.25) is 4.98 Å². The van der Waals surface area contributed by atoms with Crippen LogP contribution in [0.2, 0.25) is 0 Å². The van der Waals surface area contributed by atoms with Crippen LogP contribution in [0.5, 0.6) is 11.5 Å². The molecule has 0 saturated heterocycles. The molecular weight excluding hydrogens is 330 g/mol. The zero-order chi connectivity index (χ0) is 18.3. The lowest BCUT2D eigenvalue weighted by Crippen LogP contribution is -2.23. The fourth-order valence-electron chi connectivity index (χ4n) is 4.37. The molecule has 2 bridgehead atoms. The number of ether oxygens (including phenoxy) is 3. The van der Waals surface area contributed by atoms with Crippen molar-refractivity contribution in [2.75, 3.05) is 7.11 Å². The number of benzene rings is 1. The summed E-state index contributed by atoms with van der Waals surface area (Å²) in [5, 5.41) is 0.874.